The van der Waals surface area contributed by atoms with E-state index in [1.54, 1.807) is 36.3 Å². The molecule has 0 spiro atoms. The van der Waals surface area contributed by atoms with E-state index in [0.29, 0.717) is 6.54 Å². The number of halogens is 1. The van der Waals surface area contributed by atoms with Crippen LogP contribution in [0.1, 0.15) is 11.1 Å². The van der Waals surface area contributed by atoms with Gasteiger partial charge < -0.3 is 10.6 Å². The lowest BCUT2D eigenvalue weighted by Gasteiger charge is -2.10. The molecule has 0 fully saturated rings. The molecule has 0 radical (unpaired) electrons. The van der Waals surface area contributed by atoms with E-state index in [1.165, 1.54) is 36.4 Å². The number of anilines is 1. The Labute approximate surface area is 167 Å². The van der Waals surface area contributed by atoms with Crippen molar-refractivity contribution in [3.8, 4) is 0 Å². The highest BCUT2D eigenvalue weighted by Gasteiger charge is 2.14. The molecule has 0 unspecified atom stereocenters. The Morgan fingerprint density at radius 2 is 1.62 bits per heavy atom. The average molecular weight is 417 g/mol. The smallest absolute Gasteiger partial charge is 0.315 e. The summed E-state index contributed by atoms with van der Waals surface area (Å²) in [5.74, 6) is -0.450. The molecule has 152 valence electrons. The summed E-state index contributed by atoms with van der Waals surface area (Å²) in [5, 5.41) is 9.44. The van der Waals surface area contributed by atoms with Crippen LogP contribution in [0.5, 0.6) is 0 Å². The molecule has 3 aromatic rings. The fourth-order valence-electron chi connectivity index (χ4n) is 2.51. The monoisotopic (exact) mass is 417 g/mol. The molecule has 3 N–H and O–H groups in total. The van der Waals surface area contributed by atoms with Gasteiger partial charge in [-0.05, 0) is 42.0 Å². The number of rotatable bonds is 7. The Bertz CT molecular complexity index is 1080. The van der Waals surface area contributed by atoms with E-state index in [2.05, 4.69) is 20.5 Å². The second-order valence-electron chi connectivity index (χ2n) is 6.31. The minimum atomic E-state index is -3.79. The third-order valence-electron chi connectivity index (χ3n) is 3.99. The number of aromatic nitrogens is 2. The standard InChI is InChI=1S/C19H20FN5O3S/c1-25-13-15(12-23-25)11-22-19(26)21-10-14-2-8-18(9-3-14)29(27,28)24-17-6-4-16(20)5-7-17/h2-9,12-13,24H,10-11H2,1H3,(H2,21,22,26). The van der Waals surface area contributed by atoms with E-state index in [0.717, 1.165) is 11.1 Å². The molecule has 0 aliphatic carbocycles. The van der Waals surface area contributed by atoms with Crippen molar-refractivity contribution in [3.63, 3.8) is 0 Å². The van der Waals surface area contributed by atoms with Gasteiger partial charge in [0.25, 0.3) is 10.0 Å². The molecule has 2 aromatic carbocycles. The normalized spacial score (nSPS) is 11.1. The minimum absolute atomic E-state index is 0.0617. The molecule has 10 heteroatoms. The molecule has 3 rings (SSSR count). The number of hydrogen-bond acceptors (Lipinski definition) is 4. The minimum Gasteiger partial charge on any atom is -0.334 e. The number of sulfonamides is 1. The Morgan fingerprint density at radius 1 is 1.00 bits per heavy atom. The van der Waals surface area contributed by atoms with Gasteiger partial charge in [-0.2, -0.15) is 5.10 Å². The van der Waals surface area contributed by atoms with E-state index in [-0.39, 0.29) is 23.2 Å². The van der Waals surface area contributed by atoms with E-state index in [4.69, 9.17) is 0 Å². The van der Waals surface area contributed by atoms with Gasteiger partial charge in [0.05, 0.1) is 11.1 Å². The summed E-state index contributed by atoms with van der Waals surface area (Å²) in [5.41, 5.74) is 1.88. The molecule has 1 heterocycles. The van der Waals surface area contributed by atoms with Gasteiger partial charge in [0, 0.05) is 37.6 Å². The number of carbonyl (C=O) groups is 1. The number of benzene rings is 2. The summed E-state index contributed by atoms with van der Waals surface area (Å²) in [6.07, 6.45) is 3.47. The van der Waals surface area contributed by atoms with Crippen molar-refractivity contribution in [1.29, 1.82) is 0 Å². The maximum Gasteiger partial charge on any atom is 0.315 e. The van der Waals surface area contributed by atoms with E-state index in [1.807, 2.05) is 0 Å². The number of amides is 2. The zero-order valence-electron chi connectivity index (χ0n) is 15.6. The third kappa shape index (κ3) is 5.79. The molecule has 2 amide bonds. The van der Waals surface area contributed by atoms with Crippen LogP contribution in [0.2, 0.25) is 0 Å². The van der Waals surface area contributed by atoms with Gasteiger partial charge in [0.2, 0.25) is 0 Å². The molecule has 8 nitrogen and oxygen atoms in total. The maximum absolute atomic E-state index is 12.9. The maximum atomic E-state index is 12.9. The molecule has 0 aliphatic heterocycles. The highest BCUT2D eigenvalue weighted by molar-refractivity contribution is 7.92. The summed E-state index contributed by atoms with van der Waals surface area (Å²) in [6, 6.07) is 10.8. The van der Waals surface area contributed by atoms with Crippen molar-refractivity contribution in [2.24, 2.45) is 7.05 Å². The number of nitrogens with one attached hydrogen (secondary N) is 3. The Morgan fingerprint density at radius 3 is 2.21 bits per heavy atom. The Balaban J connectivity index is 1.52. The van der Waals surface area contributed by atoms with Gasteiger partial charge in [0.1, 0.15) is 5.82 Å². The largest absolute Gasteiger partial charge is 0.334 e. The van der Waals surface area contributed by atoms with Gasteiger partial charge in [-0.3, -0.25) is 9.40 Å². The molecule has 0 atom stereocenters. The second kappa shape index (κ2) is 8.74. The molecule has 0 saturated carbocycles. The van der Waals surface area contributed by atoms with E-state index < -0.39 is 15.8 Å². The average Bonchev–Trinajstić information content (AvgIpc) is 3.12. The van der Waals surface area contributed by atoms with Crippen molar-refractivity contribution in [2.45, 2.75) is 18.0 Å². The van der Waals surface area contributed by atoms with Gasteiger partial charge >= 0.3 is 6.03 Å². The number of nitrogens with zero attached hydrogens (tertiary/aromatic N) is 2. The summed E-state index contributed by atoms with van der Waals surface area (Å²) in [7, 11) is -2.00. The number of hydrogen-bond donors (Lipinski definition) is 3. The van der Waals surface area contributed by atoms with Crippen LogP contribution in [-0.4, -0.2) is 24.2 Å². The molecule has 0 bridgehead atoms. The van der Waals surface area contributed by atoms with E-state index >= 15 is 0 Å². The van der Waals surface area contributed by atoms with Crippen molar-refractivity contribution in [1.82, 2.24) is 20.4 Å². The van der Waals surface area contributed by atoms with Crippen molar-refractivity contribution < 1.29 is 17.6 Å². The number of carbonyl (C=O) groups excluding carboxylic acids is 1. The van der Waals surface area contributed by atoms with Gasteiger partial charge in [-0.1, -0.05) is 12.1 Å². The van der Waals surface area contributed by atoms with Crippen LogP contribution < -0.4 is 15.4 Å². The van der Waals surface area contributed by atoms with Gasteiger partial charge in [0.15, 0.2) is 0 Å². The molecular weight excluding hydrogens is 397 g/mol. The SMILES string of the molecule is Cn1cc(CNC(=O)NCc2ccc(S(=O)(=O)Nc3ccc(F)cc3)cc2)cn1. The Kier molecular flexibility index (Phi) is 6.13. The summed E-state index contributed by atoms with van der Waals surface area (Å²) in [6.45, 7) is 0.594. The van der Waals surface area contributed by atoms with Crippen LogP contribution in [-0.2, 0) is 30.2 Å². The van der Waals surface area contributed by atoms with Crippen LogP contribution >= 0.6 is 0 Å². The lowest BCUT2D eigenvalue weighted by molar-refractivity contribution is 0.240. The Hall–Kier alpha value is -3.40. The van der Waals surface area contributed by atoms with Gasteiger partial charge in [-0.25, -0.2) is 17.6 Å². The first-order valence-corrected chi connectivity index (χ1v) is 10.2. The predicted octanol–water partition coefficient (Wildman–Crippen LogP) is 2.36. The summed E-state index contributed by atoms with van der Waals surface area (Å²) >= 11 is 0. The van der Waals surface area contributed by atoms with Crippen molar-refractivity contribution in [2.75, 3.05) is 4.72 Å². The highest BCUT2D eigenvalue weighted by atomic mass is 32.2. The fourth-order valence-corrected chi connectivity index (χ4v) is 3.57. The first-order chi connectivity index (χ1) is 13.8. The second-order valence-corrected chi connectivity index (χ2v) is 8.00. The lowest BCUT2D eigenvalue weighted by Crippen LogP contribution is -2.34. The lowest BCUT2D eigenvalue weighted by atomic mass is 10.2. The van der Waals surface area contributed by atoms with Crippen LogP contribution in [0.3, 0.4) is 0 Å². The van der Waals surface area contributed by atoms with E-state index in [9.17, 15) is 17.6 Å². The van der Waals surface area contributed by atoms with Gasteiger partial charge in [-0.15, -0.1) is 0 Å². The molecule has 0 aliphatic rings. The summed E-state index contributed by atoms with van der Waals surface area (Å²) in [4.78, 5) is 11.9. The van der Waals surface area contributed by atoms with Crippen molar-refractivity contribution >= 4 is 21.7 Å². The quantitative estimate of drug-likeness (QED) is 0.549. The fraction of sp³-hybridized carbons (Fsp3) is 0.158. The topological polar surface area (TPSA) is 105 Å². The third-order valence-corrected chi connectivity index (χ3v) is 5.39. The van der Waals surface area contributed by atoms with Crippen LogP contribution in [0, 0.1) is 5.82 Å². The highest BCUT2D eigenvalue weighted by Crippen LogP contribution is 2.17. The predicted molar refractivity (Wildman–Crippen MR) is 106 cm³/mol. The van der Waals surface area contributed by atoms with Crippen molar-refractivity contribution in [3.05, 3.63) is 77.9 Å². The first kappa shape index (κ1) is 20.3. The van der Waals surface area contributed by atoms with Crippen LogP contribution in [0.4, 0.5) is 14.9 Å². The van der Waals surface area contributed by atoms with Crippen LogP contribution in [0.15, 0.2) is 65.8 Å². The zero-order chi connectivity index (χ0) is 20.9. The number of urea groups is 1. The molecule has 0 saturated heterocycles. The molecular formula is C19H20FN5O3S. The zero-order valence-corrected chi connectivity index (χ0v) is 16.4. The molecule has 1 aromatic heterocycles. The number of aryl methyl sites for hydroxylation is 1. The molecule has 29 heavy (non-hydrogen) atoms. The first-order valence-electron chi connectivity index (χ1n) is 8.68. The van der Waals surface area contributed by atoms with Crippen LogP contribution in [0.25, 0.3) is 0 Å². The summed E-state index contributed by atoms with van der Waals surface area (Å²) < 4.78 is 41.8.